The topological polar surface area (TPSA) is 42.6 Å². The van der Waals surface area contributed by atoms with Crippen molar-refractivity contribution in [1.29, 1.82) is 5.26 Å². The normalized spacial score (nSPS) is 23.2. The zero-order valence-corrected chi connectivity index (χ0v) is 8.98. The van der Waals surface area contributed by atoms with Crippen LogP contribution in [0.25, 0.3) is 10.9 Å². The number of H-pyrrole nitrogens is 1. The first-order chi connectivity index (χ1) is 7.88. The quantitative estimate of drug-likeness (QED) is 0.788. The number of nitrogens with zero attached hydrogens (tertiary/aromatic N) is 2. The number of aromatic nitrogens is 1. The maximum absolute atomic E-state index is 8.71. The number of aromatic amines is 1. The van der Waals surface area contributed by atoms with Crippen molar-refractivity contribution >= 4 is 10.9 Å². The van der Waals surface area contributed by atoms with Crippen LogP contribution in [0, 0.1) is 11.3 Å². The molecule has 1 fully saturated rings. The van der Waals surface area contributed by atoms with Crippen molar-refractivity contribution < 1.29 is 0 Å². The number of nitrogens with one attached hydrogen (secondary N) is 1. The summed E-state index contributed by atoms with van der Waals surface area (Å²) in [6, 6.07) is 10.8. The summed E-state index contributed by atoms with van der Waals surface area (Å²) in [6.45, 7) is 1.93. The van der Waals surface area contributed by atoms with Gasteiger partial charge < -0.3 is 4.98 Å². The summed E-state index contributed by atoms with van der Waals surface area (Å²) in [4.78, 5) is 5.47. The molecule has 0 amide bonds. The molecule has 0 spiro atoms. The zero-order valence-electron chi connectivity index (χ0n) is 8.98. The lowest BCUT2D eigenvalue weighted by Gasteiger charge is -2.00. The molecule has 2 aromatic rings. The molecule has 0 aliphatic carbocycles. The summed E-state index contributed by atoms with van der Waals surface area (Å²) < 4.78 is 0. The predicted molar refractivity (Wildman–Crippen MR) is 63.0 cm³/mol. The third kappa shape index (κ3) is 1.58. The lowest BCUT2D eigenvalue weighted by Crippen LogP contribution is -2.05. The zero-order chi connectivity index (χ0) is 11.0. The molecule has 3 nitrogen and oxygen atoms in total. The lowest BCUT2D eigenvalue weighted by molar-refractivity contribution is 0.539. The first-order valence-corrected chi connectivity index (χ1v) is 5.57. The maximum Gasteiger partial charge on any atom is 0.111 e. The number of hydrogen-bond acceptors (Lipinski definition) is 2. The number of fused-ring (bicyclic) bond motifs is 1. The van der Waals surface area contributed by atoms with Gasteiger partial charge in [-0.1, -0.05) is 18.2 Å². The Morgan fingerprint density at radius 2 is 2.31 bits per heavy atom. The van der Waals surface area contributed by atoms with Crippen LogP contribution < -0.4 is 0 Å². The second-order valence-electron chi connectivity index (χ2n) is 4.25. The van der Waals surface area contributed by atoms with Crippen molar-refractivity contribution in [3.05, 3.63) is 36.0 Å². The molecular weight excluding hydrogens is 198 g/mol. The van der Waals surface area contributed by atoms with Crippen LogP contribution in [0.1, 0.15) is 5.56 Å². The fourth-order valence-electron chi connectivity index (χ4n) is 2.15. The summed E-state index contributed by atoms with van der Waals surface area (Å²) in [5.74, 6) is 0. The van der Waals surface area contributed by atoms with Gasteiger partial charge in [0.05, 0.1) is 6.07 Å². The van der Waals surface area contributed by atoms with Gasteiger partial charge in [0.2, 0.25) is 0 Å². The largest absolute Gasteiger partial charge is 0.361 e. The van der Waals surface area contributed by atoms with Crippen LogP contribution in [-0.2, 0) is 6.42 Å². The minimum absolute atomic E-state index is 0.171. The smallest absolute Gasteiger partial charge is 0.111 e. The predicted octanol–water partition coefficient (Wildman–Crippen LogP) is 1.92. The molecule has 1 aliphatic heterocycles. The fourth-order valence-corrected chi connectivity index (χ4v) is 2.15. The second kappa shape index (κ2) is 3.66. The summed E-state index contributed by atoms with van der Waals surface area (Å²) in [6.07, 6.45) is 3.09. The molecule has 80 valence electrons. The summed E-state index contributed by atoms with van der Waals surface area (Å²) in [5, 5.41) is 10.0. The Hall–Kier alpha value is -1.79. The van der Waals surface area contributed by atoms with E-state index in [1.54, 1.807) is 0 Å². The van der Waals surface area contributed by atoms with E-state index in [0.717, 1.165) is 19.5 Å². The molecule has 0 bridgehead atoms. The van der Waals surface area contributed by atoms with Gasteiger partial charge >= 0.3 is 0 Å². The van der Waals surface area contributed by atoms with Gasteiger partial charge in [0, 0.05) is 30.2 Å². The number of nitriles is 1. The van der Waals surface area contributed by atoms with Crippen LogP contribution in [0.15, 0.2) is 30.5 Å². The molecule has 1 saturated heterocycles. The average molecular weight is 211 g/mol. The molecule has 1 aromatic heterocycles. The van der Waals surface area contributed by atoms with E-state index < -0.39 is 0 Å². The van der Waals surface area contributed by atoms with E-state index in [1.807, 2.05) is 6.07 Å². The van der Waals surface area contributed by atoms with Gasteiger partial charge in [-0.15, -0.1) is 0 Å². The van der Waals surface area contributed by atoms with Crippen LogP contribution in [0.5, 0.6) is 0 Å². The SMILES string of the molecule is N#CC1CN1CCc1c[nH]c2ccccc12. The lowest BCUT2D eigenvalue weighted by atomic mass is 10.1. The Morgan fingerprint density at radius 1 is 1.44 bits per heavy atom. The Balaban J connectivity index is 1.73. The average Bonchev–Trinajstić information content (AvgIpc) is 2.98. The van der Waals surface area contributed by atoms with Crippen LogP contribution in [0.3, 0.4) is 0 Å². The van der Waals surface area contributed by atoms with E-state index in [1.165, 1.54) is 16.5 Å². The molecule has 2 unspecified atom stereocenters. The molecule has 1 aromatic carbocycles. The highest BCUT2D eigenvalue weighted by Crippen LogP contribution is 2.21. The number of para-hydroxylation sites is 1. The Labute approximate surface area is 94.3 Å². The summed E-state index contributed by atoms with van der Waals surface area (Å²) in [5.41, 5.74) is 2.54. The Kier molecular flexibility index (Phi) is 2.16. The van der Waals surface area contributed by atoms with E-state index in [0.29, 0.717) is 0 Å². The molecule has 3 heteroatoms. The third-order valence-corrected chi connectivity index (χ3v) is 3.21. The molecule has 2 heterocycles. The van der Waals surface area contributed by atoms with Gasteiger partial charge in [0.1, 0.15) is 6.04 Å². The van der Waals surface area contributed by atoms with Gasteiger partial charge in [-0.2, -0.15) is 5.26 Å². The molecular formula is C13H13N3. The summed E-state index contributed by atoms with van der Waals surface area (Å²) in [7, 11) is 0. The van der Waals surface area contributed by atoms with Gasteiger partial charge in [-0.25, -0.2) is 0 Å². The van der Waals surface area contributed by atoms with Gasteiger partial charge in [0.15, 0.2) is 0 Å². The van der Waals surface area contributed by atoms with E-state index >= 15 is 0 Å². The first-order valence-electron chi connectivity index (χ1n) is 5.57. The fraction of sp³-hybridized carbons (Fsp3) is 0.308. The highest BCUT2D eigenvalue weighted by atomic mass is 15.3. The van der Waals surface area contributed by atoms with Gasteiger partial charge in [-0.05, 0) is 18.1 Å². The molecule has 0 radical (unpaired) electrons. The summed E-state index contributed by atoms with van der Waals surface area (Å²) >= 11 is 0. The molecule has 16 heavy (non-hydrogen) atoms. The maximum atomic E-state index is 8.71. The second-order valence-corrected chi connectivity index (χ2v) is 4.25. The van der Waals surface area contributed by atoms with Crippen molar-refractivity contribution in [1.82, 2.24) is 9.88 Å². The third-order valence-electron chi connectivity index (χ3n) is 3.21. The minimum atomic E-state index is 0.171. The van der Waals surface area contributed by atoms with Crippen molar-refractivity contribution in [3.8, 4) is 6.07 Å². The number of benzene rings is 1. The Bertz CT molecular complexity index is 550. The van der Waals surface area contributed by atoms with Crippen molar-refractivity contribution in [2.45, 2.75) is 12.5 Å². The van der Waals surface area contributed by atoms with Crippen LogP contribution in [-0.4, -0.2) is 29.0 Å². The van der Waals surface area contributed by atoms with Crippen molar-refractivity contribution in [3.63, 3.8) is 0 Å². The number of hydrogen-bond donors (Lipinski definition) is 1. The van der Waals surface area contributed by atoms with E-state index in [-0.39, 0.29) is 6.04 Å². The van der Waals surface area contributed by atoms with Crippen LogP contribution >= 0.6 is 0 Å². The van der Waals surface area contributed by atoms with Crippen LogP contribution in [0.2, 0.25) is 0 Å². The highest BCUT2D eigenvalue weighted by molar-refractivity contribution is 5.83. The van der Waals surface area contributed by atoms with Crippen LogP contribution in [0.4, 0.5) is 0 Å². The van der Waals surface area contributed by atoms with Gasteiger partial charge in [0.25, 0.3) is 0 Å². The molecule has 3 rings (SSSR count). The van der Waals surface area contributed by atoms with E-state index in [2.05, 4.69) is 40.3 Å². The highest BCUT2D eigenvalue weighted by Gasteiger charge is 2.32. The molecule has 2 atom stereocenters. The minimum Gasteiger partial charge on any atom is -0.361 e. The van der Waals surface area contributed by atoms with Gasteiger partial charge in [-0.3, -0.25) is 4.90 Å². The monoisotopic (exact) mass is 211 g/mol. The Morgan fingerprint density at radius 3 is 3.12 bits per heavy atom. The first kappa shape index (κ1) is 9.44. The van der Waals surface area contributed by atoms with Crippen molar-refractivity contribution in [2.24, 2.45) is 0 Å². The standard InChI is InChI=1S/C13H13N3/c14-7-11-9-16(11)6-5-10-8-15-13-4-2-1-3-12(10)13/h1-4,8,11,15H,5-6,9H2. The molecule has 0 saturated carbocycles. The van der Waals surface area contributed by atoms with E-state index in [4.69, 9.17) is 5.26 Å². The number of rotatable bonds is 3. The van der Waals surface area contributed by atoms with Crippen molar-refractivity contribution in [2.75, 3.05) is 13.1 Å². The van der Waals surface area contributed by atoms with E-state index in [9.17, 15) is 0 Å². The molecule has 1 aliphatic rings. The molecule has 1 N–H and O–H groups in total.